The average molecular weight is 538 g/mol. The highest BCUT2D eigenvalue weighted by atomic mass is 127. The number of nitrogens with zero attached hydrogens (tertiary/aromatic N) is 3. The number of piperazine rings is 1. The maximum atomic E-state index is 12.8. The topological polar surface area (TPSA) is 67.6 Å². The van der Waals surface area contributed by atoms with E-state index < -0.39 is 0 Å². The number of phenols is 1. The predicted octanol–water partition coefficient (Wildman–Crippen LogP) is 4.02. The van der Waals surface area contributed by atoms with Gasteiger partial charge in [-0.1, -0.05) is 18.2 Å². The SMILES string of the molecule is N#C/C(=C/c1cc(Br)c(O)c(I)c1)C(=O)N1CCN(c2ccccc2)CC1. The minimum atomic E-state index is -0.260. The first-order valence-electron chi connectivity index (χ1n) is 8.38. The summed E-state index contributed by atoms with van der Waals surface area (Å²) in [4.78, 5) is 16.7. The molecule has 2 aromatic rings. The van der Waals surface area contributed by atoms with Crippen molar-refractivity contribution in [2.45, 2.75) is 0 Å². The number of halogens is 2. The molecule has 1 aliphatic heterocycles. The minimum absolute atomic E-state index is 0.0940. The van der Waals surface area contributed by atoms with Crippen molar-refractivity contribution in [2.75, 3.05) is 31.1 Å². The molecule has 0 spiro atoms. The molecule has 27 heavy (non-hydrogen) atoms. The van der Waals surface area contributed by atoms with E-state index in [1.165, 1.54) is 0 Å². The van der Waals surface area contributed by atoms with Gasteiger partial charge in [0.05, 0.1) is 8.04 Å². The van der Waals surface area contributed by atoms with Gasteiger partial charge >= 0.3 is 0 Å². The highest BCUT2D eigenvalue weighted by Crippen LogP contribution is 2.31. The van der Waals surface area contributed by atoms with Crippen molar-refractivity contribution in [3.63, 3.8) is 0 Å². The van der Waals surface area contributed by atoms with E-state index in [0.717, 1.165) is 18.8 Å². The quantitative estimate of drug-likeness (QED) is 0.365. The third-order valence-electron chi connectivity index (χ3n) is 4.39. The van der Waals surface area contributed by atoms with Crippen LogP contribution < -0.4 is 4.90 Å². The molecule has 0 bridgehead atoms. The van der Waals surface area contributed by atoms with Crippen molar-refractivity contribution in [1.29, 1.82) is 5.26 Å². The van der Waals surface area contributed by atoms with Crippen molar-refractivity contribution < 1.29 is 9.90 Å². The molecule has 1 amide bonds. The van der Waals surface area contributed by atoms with Crippen LogP contribution in [0.15, 0.2) is 52.5 Å². The summed E-state index contributed by atoms with van der Waals surface area (Å²) in [5.41, 5.74) is 1.93. The highest BCUT2D eigenvalue weighted by molar-refractivity contribution is 14.1. The Morgan fingerprint density at radius 2 is 1.85 bits per heavy atom. The Morgan fingerprint density at radius 1 is 1.19 bits per heavy atom. The van der Waals surface area contributed by atoms with Gasteiger partial charge in [0, 0.05) is 31.9 Å². The Balaban J connectivity index is 1.72. The maximum Gasteiger partial charge on any atom is 0.264 e. The number of anilines is 1. The number of para-hydroxylation sites is 1. The van der Waals surface area contributed by atoms with Gasteiger partial charge in [0.2, 0.25) is 0 Å². The number of nitriles is 1. The lowest BCUT2D eigenvalue weighted by atomic mass is 10.1. The lowest BCUT2D eigenvalue weighted by Crippen LogP contribution is -2.49. The van der Waals surface area contributed by atoms with Crippen molar-refractivity contribution in [3.8, 4) is 11.8 Å². The molecule has 1 heterocycles. The van der Waals surface area contributed by atoms with E-state index in [-0.39, 0.29) is 17.2 Å². The van der Waals surface area contributed by atoms with Crippen LogP contribution in [-0.2, 0) is 4.79 Å². The first-order valence-corrected chi connectivity index (χ1v) is 10.3. The third kappa shape index (κ3) is 4.62. The zero-order chi connectivity index (χ0) is 19.4. The second kappa shape index (κ2) is 8.76. The zero-order valence-corrected chi connectivity index (χ0v) is 18.1. The molecule has 5 nitrogen and oxygen atoms in total. The van der Waals surface area contributed by atoms with Crippen LogP contribution in [0.2, 0.25) is 0 Å². The van der Waals surface area contributed by atoms with Gasteiger partial charge in [-0.25, -0.2) is 0 Å². The number of aromatic hydroxyl groups is 1. The van der Waals surface area contributed by atoms with Gasteiger partial charge in [-0.05, 0) is 74.4 Å². The number of phenolic OH excluding ortho intramolecular Hbond substituents is 1. The Labute approximate surface area is 180 Å². The standard InChI is InChI=1S/C20H17BrIN3O2/c21-17-11-14(12-18(22)19(17)26)10-15(13-23)20(27)25-8-6-24(7-9-25)16-4-2-1-3-5-16/h1-5,10-12,26H,6-9H2/b15-10-. The molecular weight excluding hydrogens is 521 g/mol. The molecular formula is C20H17BrIN3O2. The third-order valence-corrected chi connectivity index (χ3v) is 5.82. The number of benzene rings is 2. The van der Waals surface area contributed by atoms with Crippen LogP contribution in [0.25, 0.3) is 6.08 Å². The summed E-state index contributed by atoms with van der Waals surface area (Å²) in [5.74, 6) is -0.112. The van der Waals surface area contributed by atoms with Gasteiger partial charge in [0.1, 0.15) is 17.4 Å². The van der Waals surface area contributed by atoms with Crippen molar-refractivity contribution >= 4 is 56.2 Å². The molecule has 0 unspecified atom stereocenters. The molecule has 1 fully saturated rings. The summed E-state index contributed by atoms with van der Waals surface area (Å²) >= 11 is 5.29. The Morgan fingerprint density at radius 3 is 2.44 bits per heavy atom. The summed E-state index contributed by atoms with van der Waals surface area (Å²) < 4.78 is 1.18. The lowest BCUT2D eigenvalue weighted by Gasteiger charge is -2.36. The summed E-state index contributed by atoms with van der Waals surface area (Å²) in [6, 6.07) is 15.5. The normalized spacial score (nSPS) is 14.8. The number of hydrogen-bond donors (Lipinski definition) is 1. The molecule has 3 rings (SSSR count). The lowest BCUT2D eigenvalue weighted by molar-refractivity contribution is -0.126. The summed E-state index contributed by atoms with van der Waals surface area (Å²) in [5, 5.41) is 19.3. The second-order valence-electron chi connectivity index (χ2n) is 6.12. The Bertz CT molecular complexity index is 894. The molecule has 0 aromatic heterocycles. The van der Waals surface area contributed by atoms with Crippen molar-refractivity contribution in [1.82, 2.24) is 4.90 Å². The molecule has 0 saturated carbocycles. The fourth-order valence-corrected chi connectivity index (χ4v) is 4.45. The van der Waals surface area contributed by atoms with Gasteiger partial charge in [-0.2, -0.15) is 5.26 Å². The molecule has 1 aliphatic rings. The van der Waals surface area contributed by atoms with Gasteiger partial charge in [0.15, 0.2) is 0 Å². The fourth-order valence-electron chi connectivity index (χ4n) is 2.95. The predicted molar refractivity (Wildman–Crippen MR) is 117 cm³/mol. The van der Waals surface area contributed by atoms with E-state index >= 15 is 0 Å². The number of rotatable bonds is 3. The van der Waals surface area contributed by atoms with E-state index in [4.69, 9.17) is 0 Å². The summed E-state index contributed by atoms with van der Waals surface area (Å²) in [7, 11) is 0. The molecule has 2 aromatic carbocycles. The molecule has 1 N–H and O–H groups in total. The first-order chi connectivity index (χ1) is 13.0. The van der Waals surface area contributed by atoms with Gasteiger partial charge < -0.3 is 14.9 Å². The van der Waals surface area contributed by atoms with Gasteiger partial charge in [0.25, 0.3) is 5.91 Å². The first kappa shape index (κ1) is 19.7. The molecule has 1 saturated heterocycles. The van der Waals surface area contributed by atoms with Crippen LogP contribution in [-0.4, -0.2) is 42.1 Å². The van der Waals surface area contributed by atoms with Crippen LogP contribution in [0.1, 0.15) is 5.56 Å². The number of carbonyl (C=O) groups excluding carboxylic acids is 1. The van der Waals surface area contributed by atoms with E-state index in [2.05, 4.69) is 33.0 Å². The largest absolute Gasteiger partial charge is 0.506 e. The van der Waals surface area contributed by atoms with Gasteiger partial charge in [-0.15, -0.1) is 0 Å². The number of hydrogen-bond acceptors (Lipinski definition) is 4. The smallest absolute Gasteiger partial charge is 0.264 e. The van der Waals surface area contributed by atoms with Crippen LogP contribution in [0.3, 0.4) is 0 Å². The van der Waals surface area contributed by atoms with Crippen LogP contribution >= 0.6 is 38.5 Å². The zero-order valence-electron chi connectivity index (χ0n) is 14.4. The second-order valence-corrected chi connectivity index (χ2v) is 8.13. The summed E-state index contributed by atoms with van der Waals surface area (Å²) in [6.45, 7) is 2.61. The molecule has 0 atom stereocenters. The Kier molecular flexibility index (Phi) is 6.39. The monoisotopic (exact) mass is 537 g/mol. The maximum absolute atomic E-state index is 12.8. The number of carbonyl (C=O) groups is 1. The summed E-state index contributed by atoms with van der Waals surface area (Å²) in [6.07, 6.45) is 1.57. The molecule has 138 valence electrons. The van der Waals surface area contributed by atoms with Crippen molar-refractivity contribution in [3.05, 3.63) is 61.6 Å². The molecule has 0 radical (unpaired) electrons. The molecule has 7 heteroatoms. The molecule has 0 aliphatic carbocycles. The number of amides is 1. The van der Waals surface area contributed by atoms with Crippen LogP contribution in [0.4, 0.5) is 5.69 Å². The van der Waals surface area contributed by atoms with Crippen molar-refractivity contribution in [2.24, 2.45) is 0 Å². The fraction of sp³-hybridized carbons (Fsp3) is 0.200. The van der Waals surface area contributed by atoms with Gasteiger partial charge in [-0.3, -0.25) is 4.79 Å². The van der Waals surface area contributed by atoms with E-state index in [9.17, 15) is 15.2 Å². The van der Waals surface area contributed by atoms with Crippen LogP contribution in [0.5, 0.6) is 5.75 Å². The van der Waals surface area contributed by atoms with E-state index in [1.807, 2.05) is 46.9 Å². The van der Waals surface area contributed by atoms with Crippen LogP contribution in [0, 0.1) is 14.9 Å². The highest BCUT2D eigenvalue weighted by Gasteiger charge is 2.24. The van der Waals surface area contributed by atoms with E-state index in [1.54, 1.807) is 23.1 Å². The average Bonchev–Trinajstić information content (AvgIpc) is 2.70. The Hall–Kier alpha value is -2.05. The van der Waals surface area contributed by atoms with E-state index in [0.29, 0.717) is 26.7 Å². The minimum Gasteiger partial charge on any atom is -0.506 e.